The number of para-hydroxylation sites is 1. The average Bonchev–Trinajstić information content (AvgIpc) is 2.49. The van der Waals surface area contributed by atoms with E-state index in [2.05, 4.69) is 11.4 Å². The molecule has 3 N–H and O–H groups in total. The van der Waals surface area contributed by atoms with Crippen LogP contribution in [0.25, 0.3) is 6.08 Å². The number of hydrogen-bond donors (Lipinski definition) is 2. The van der Waals surface area contributed by atoms with Crippen molar-refractivity contribution in [3.63, 3.8) is 0 Å². The highest BCUT2D eigenvalue weighted by Gasteiger charge is 2.46. The van der Waals surface area contributed by atoms with Gasteiger partial charge in [0.1, 0.15) is 5.41 Å². The van der Waals surface area contributed by atoms with Crippen LogP contribution in [0, 0.1) is 11.3 Å². The number of nitrogens with two attached hydrogens (primary N) is 1. The summed E-state index contributed by atoms with van der Waals surface area (Å²) in [6.45, 7) is 2.34. The van der Waals surface area contributed by atoms with Gasteiger partial charge in [0.25, 0.3) is 0 Å². The van der Waals surface area contributed by atoms with Crippen molar-refractivity contribution in [2.75, 3.05) is 11.9 Å². The van der Waals surface area contributed by atoms with Gasteiger partial charge < -0.3 is 11.1 Å². The van der Waals surface area contributed by atoms with Crippen molar-refractivity contribution in [2.24, 2.45) is 17.1 Å². The highest BCUT2D eigenvalue weighted by atomic mass is 16.2. The maximum atomic E-state index is 12.7. The molecule has 1 amide bonds. The van der Waals surface area contributed by atoms with Gasteiger partial charge in [-0.1, -0.05) is 30.7 Å². The van der Waals surface area contributed by atoms with Gasteiger partial charge in [-0.3, -0.25) is 9.59 Å². The van der Waals surface area contributed by atoms with Crippen molar-refractivity contribution in [1.29, 1.82) is 0 Å². The number of carbonyl (C=O) groups is 2. The second-order valence-electron chi connectivity index (χ2n) is 6.17. The van der Waals surface area contributed by atoms with Gasteiger partial charge in [-0.05, 0) is 37.0 Å². The predicted molar refractivity (Wildman–Crippen MR) is 82.6 cm³/mol. The van der Waals surface area contributed by atoms with Gasteiger partial charge in [0.05, 0.1) is 0 Å². The van der Waals surface area contributed by atoms with Gasteiger partial charge in [0, 0.05) is 18.2 Å². The number of nitrogens with one attached hydrogen (secondary N) is 1. The fourth-order valence-electron chi connectivity index (χ4n) is 3.35. The highest BCUT2D eigenvalue weighted by molar-refractivity contribution is 6.07. The smallest absolute Gasteiger partial charge is 0.230 e. The zero-order valence-electron chi connectivity index (χ0n) is 12.2. The maximum absolute atomic E-state index is 12.7. The van der Waals surface area contributed by atoms with Gasteiger partial charge in [-0.25, -0.2) is 0 Å². The molecule has 2 unspecified atom stereocenters. The molecule has 2 atom stereocenters. The van der Waals surface area contributed by atoms with Gasteiger partial charge in [0.2, 0.25) is 5.91 Å². The molecule has 0 saturated heterocycles. The molecule has 0 radical (unpaired) electrons. The summed E-state index contributed by atoms with van der Waals surface area (Å²) in [5, 5.41) is 3.35. The lowest BCUT2D eigenvalue weighted by Crippen LogP contribution is -2.48. The summed E-state index contributed by atoms with van der Waals surface area (Å²) in [6, 6.07) is 8.03. The van der Waals surface area contributed by atoms with Crippen LogP contribution in [0.4, 0.5) is 5.69 Å². The lowest BCUT2D eigenvalue weighted by molar-refractivity contribution is -0.143. The van der Waals surface area contributed by atoms with E-state index in [0.717, 1.165) is 29.7 Å². The Morgan fingerprint density at radius 1 is 1.38 bits per heavy atom. The van der Waals surface area contributed by atoms with E-state index in [1.165, 1.54) is 0 Å². The first-order valence-corrected chi connectivity index (χ1v) is 7.40. The van der Waals surface area contributed by atoms with E-state index in [0.29, 0.717) is 13.0 Å². The first-order chi connectivity index (χ1) is 10.0. The first-order valence-electron chi connectivity index (χ1n) is 7.40. The molecule has 4 nitrogen and oxygen atoms in total. The van der Waals surface area contributed by atoms with Crippen LogP contribution in [0.5, 0.6) is 0 Å². The number of anilines is 1. The van der Waals surface area contributed by atoms with Crippen LogP contribution in [0.1, 0.15) is 31.7 Å². The molecule has 1 aromatic carbocycles. The number of ketones is 1. The van der Waals surface area contributed by atoms with Crippen molar-refractivity contribution >= 4 is 23.5 Å². The van der Waals surface area contributed by atoms with Crippen molar-refractivity contribution in [3.8, 4) is 0 Å². The van der Waals surface area contributed by atoms with Crippen molar-refractivity contribution in [1.82, 2.24) is 0 Å². The molecule has 0 bridgehead atoms. The molecule has 1 aromatic rings. The standard InChI is InChI=1S/C17H20N2O2/c1-17(16(18)21)8-4-6-13(15(17)20)12-9-11-5-2-3-7-14(11)19-10-12/h2-3,5,7,9,13,19H,4,6,8,10H2,1H3,(H2,18,21). The Hall–Kier alpha value is -2.10. The number of fused-ring (bicyclic) bond motifs is 1. The monoisotopic (exact) mass is 284 g/mol. The summed E-state index contributed by atoms with van der Waals surface area (Å²) in [5.74, 6) is -0.715. The number of benzene rings is 1. The van der Waals surface area contributed by atoms with Crippen LogP contribution in [0.15, 0.2) is 29.8 Å². The minimum absolute atomic E-state index is 0.0197. The molecule has 0 spiro atoms. The van der Waals surface area contributed by atoms with Gasteiger partial charge in [-0.15, -0.1) is 0 Å². The molecule has 1 aliphatic carbocycles. The van der Waals surface area contributed by atoms with Crippen LogP contribution in [-0.2, 0) is 9.59 Å². The van der Waals surface area contributed by atoms with Crippen LogP contribution in [0.3, 0.4) is 0 Å². The van der Waals surface area contributed by atoms with Gasteiger partial charge in [0.15, 0.2) is 5.78 Å². The fraction of sp³-hybridized carbons (Fsp3) is 0.412. The fourth-order valence-corrected chi connectivity index (χ4v) is 3.35. The first kappa shape index (κ1) is 13.9. The van der Waals surface area contributed by atoms with Crippen molar-refractivity contribution in [2.45, 2.75) is 26.2 Å². The number of carbonyl (C=O) groups excluding carboxylic acids is 2. The topological polar surface area (TPSA) is 72.2 Å². The number of primary amides is 1. The van der Waals surface area contributed by atoms with E-state index in [-0.39, 0.29) is 11.7 Å². The Bertz CT molecular complexity index is 635. The van der Waals surface area contributed by atoms with E-state index in [4.69, 9.17) is 5.73 Å². The SMILES string of the molecule is CC1(C(N)=O)CCCC(C2=Cc3ccccc3NC2)C1=O. The highest BCUT2D eigenvalue weighted by Crippen LogP contribution is 2.40. The largest absolute Gasteiger partial charge is 0.381 e. The number of rotatable bonds is 2. The normalized spacial score (nSPS) is 28.3. The zero-order valence-corrected chi connectivity index (χ0v) is 12.2. The third kappa shape index (κ3) is 2.24. The molecular weight excluding hydrogens is 264 g/mol. The summed E-state index contributed by atoms with van der Waals surface area (Å²) >= 11 is 0. The summed E-state index contributed by atoms with van der Waals surface area (Å²) in [4.78, 5) is 24.4. The van der Waals surface area contributed by atoms with E-state index in [1.807, 2.05) is 24.3 Å². The molecule has 4 heteroatoms. The number of amides is 1. The third-order valence-corrected chi connectivity index (χ3v) is 4.81. The number of Topliss-reactive ketones (excluding diaryl/α,β-unsaturated/α-hetero) is 1. The van der Waals surface area contributed by atoms with Crippen LogP contribution >= 0.6 is 0 Å². The van der Waals surface area contributed by atoms with Gasteiger partial charge >= 0.3 is 0 Å². The summed E-state index contributed by atoms with van der Waals surface area (Å²) in [5.41, 5.74) is 7.69. The van der Waals surface area contributed by atoms with Crippen LogP contribution in [0.2, 0.25) is 0 Å². The molecule has 1 fully saturated rings. The molecule has 3 rings (SSSR count). The minimum Gasteiger partial charge on any atom is -0.381 e. The summed E-state index contributed by atoms with van der Waals surface area (Å²) in [7, 11) is 0. The van der Waals surface area contributed by atoms with Crippen LogP contribution < -0.4 is 11.1 Å². The summed E-state index contributed by atoms with van der Waals surface area (Å²) in [6.07, 6.45) is 4.31. The van der Waals surface area contributed by atoms with E-state index in [9.17, 15) is 9.59 Å². The van der Waals surface area contributed by atoms with Crippen molar-refractivity contribution in [3.05, 3.63) is 35.4 Å². The molecule has 21 heavy (non-hydrogen) atoms. The minimum atomic E-state index is -1.01. The Morgan fingerprint density at radius 2 is 2.14 bits per heavy atom. The van der Waals surface area contributed by atoms with Crippen LogP contribution in [-0.4, -0.2) is 18.2 Å². The molecule has 2 aliphatic rings. The Morgan fingerprint density at radius 3 is 2.90 bits per heavy atom. The maximum Gasteiger partial charge on any atom is 0.230 e. The van der Waals surface area contributed by atoms with Gasteiger partial charge in [-0.2, -0.15) is 0 Å². The van der Waals surface area contributed by atoms with E-state index >= 15 is 0 Å². The molecule has 0 aromatic heterocycles. The molecule has 1 saturated carbocycles. The lowest BCUT2D eigenvalue weighted by atomic mass is 9.67. The predicted octanol–water partition coefficient (Wildman–Crippen LogP) is 2.36. The van der Waals surface area contributed by atoms with E-state index in [1.54, 1.807) is 6.92 Å². The number of hydrogen-bond acceptors (Lipinski definition) is 3. The second-order valence-corrected chi connectivity index (χ2v) is 6.17. The Kier molecular flexibility index (Phi) is 3.32. The third-order valence-electron chi connectivity index (χ3n) is 4.81. The second kappa shape index (κ2) is 5.02. The molecular formula is C17H20N2O2. The van der Waals surface area contributed by atoms with E-state index < -0.39 is 11.3 Å². The zero-order chi connectivity index (χ0) is 15.0. The Labute approximate surface area is 124 Å². The summed E-state index contributed by atoms with van der Waals surface area (Å²) < 4.78 is 0. The average molecular weight is 284 g/mol. The lowest BCUT2D eigenvalue weighted by Gasteiger charge is -2.36. The Balaban J connectivity index is 1.93. The quantitative estimate of drug-likeness (QED) is 0.819. The molecule has 110 valence electrons. The molecule has 1 aliphatic heterocycles. The molecule has 1 heterocycles. The van der Waals surface area contributed by atoms with Crippen molar-refractivity contribution < 1.29 is 9.59 Å².